The van der Waals surface area contributed by atoms with E-state index >= 15 is 0 Å². The second-order valence-electron chi connectivity index (χ2n) is 6.42. The van der Waals surface area contributed by atoms with E-state index in [-0.39, 0.29) is 12.3 Å². The molecule has 0 spiro atoms. The monoisotopic (exact) mass is 340 g/mol. The molecule has 8 heteroatoms. The molecule has 0 aliphatic carbocycles. The van der Waals surface area contributed by atoms with Crippen LogP contribution in [0.1, 0.15) is 54.4 Å². The molecule has 0 fully saturated rings. The molecule has 2 heterocycles. The molecule has 0 aliphatic heterocycles. The number of amides is 1. The van der Waals surface area contributed by atoms with Gasteiger partial charge in [-0.2, -0.15) is 13.9 Å². The van der Waals surface area contributed by atoms with Gasteiger partial charge in [0.1, 0.15) is 5.76 Å². The average Bonchev–Trinajstić information content (AvgIpc) is 2.92. The normalized spacial score (nSPS) is 12.0. The van der Waals surface area contributed by atoms with Crippen molar-refractivity contribution in [2.24, 2.45) is 0 Å². The molecule has 1 N–H and O–H groups in total. The quantitative estimate of drug-likeness (QED) is 0.908. The topological polar surface area (TPSA) is 73.0 Å². The Balaban J connectivity index is 2.20. The molecule has 0 saturated heterocycles. The maximum absolute atomic E-state index is 12.9. The zero-order chi connectivity index (χ0) is 18.2. The van der Waals surface area contributed by atoms with Crippen LogP contribution in [0.15, 0.2) is 4.52 Å². The van der Waals surface area contributed by atoms with Crippen molar-refractivity contribution in [2.75, 3.05) is 0 Å². The second-order valence-corrected chi connectivity index (χ2v) is 6.42. The summed E-state index contributed by atoms with van der Waals surface area (Å²) >= 11 is 0. The van der Waals surface area contributed by atoms with E-state index in [1.165, 1.54) is 6.92 Å². The van der Waals surface area contributed by atoms with E-state index in [1.54, 1.807) is 20.8 Å². The summed E-state index contributed by atoms with van der Waals surface area (Å²) in [6, 6.07) is 0. The number of nitrogens with one attached hydrogen (secondary N) is 1. The van der Waals surface area contributed by atoms with Crippen LogP contribution in [-0.2, 0) is 16.8 Å². The minimum absolute atomic E-state index is 0.0167. The van der Waals surface area contributed by atoms with Crippen molar-refractivity contribution in [3.8, 4) is 0 Å². The third kappa shape index (κ3) is 3.32. The molecule has 132 valence electrons. The molecule has 0 bridgehead atoms. The van der Waals surface area contributed by atoms with Gasteiger partial charge in [-0.05, 0) is 41.5 Å². The van der Waals surface area contributed by atoms with Crippen molar-refractivity contribution in [2.45, 2.75) is 60.1 Å². The maximum Gasteiger partial charge on any atom is 0.333 e. The van der Waals surface area contributed by atoms with Crippen LogP contribution < -0.4 is 5.32 Å². The van der Waals surface area contributed by atoms with E-state index < -0.39 is 12.1 Å². The number of carbonyl (C=O) groups excluding carboxylic acids is 1. The number of aryl methyl sites for hydroxylation is 3. The van der Waals surface area contributed by atoms with E-state index in [4.69, 9.17) is 4.52 Å². The highest BCUT2D eigenvalue weighted by atomic mass is 19.3. The lowest BCUT2D eigenvalue weighted by atomic mass is 9.92. The third-order valence-electron chi connectivity index (χ3n) is 4.11. The van der Waals surface area contributed by atoms with E-state index in [2.05, 4.69) is 15.6 Å². The Labute approximate surface area is 139 Å². The smallest absolute Gasteiger partial charge is 0.333 e. The Morgan fingerprint density at radius 2 is 1.88 bits per heavy atom. The molecule has 0 atom stereocenters. The van der Waals surface area contributed by atoms with Crippen molar-refractivity contribution < 1.29 is 18.1 Å². The fraction of sp³-hybridized carbons (Fsp3) is 0.562. The molecule has 24 heavy (non-hydrogen) atoms. The molecular formula is C16H22F2N4O2. The second kappa shape index (κ2) is 6.33. The molecule has 0 radical (unpaired) electrons. The van der Waals surface area contributed by atoms with Crippen molar-refractivity contribution >= 4 is 5.91 Å². The van der Waals surface area contributed by atoms with Crippen molar-refractivity contribution in [1.29, 1.82) is 0 Å². The van der Waals surface area contributed by atoms with Crippen LogP contribution in [-0.4, -0.2) is 20.8 Å². The fourth-order valence-electron chi connectivity index (χ4n) is 3.13. The standard InChI is InChI=1S/C16H22F2N4O2/c1-8-12(10(3)22(20-8)15(17)18)7-13(23)19-16(5,6)14-9(2)21-24-11(14)4/h15H,7H2,1-6H3,(H,19,23). The first-order chi connectivity index (χ1) is 11.0. The van der Waals surface area contributed by atoms with Crippen LogP contribution in [0.4, 0.5) is 8.78 Å². The molecule has 0 aromatic carbocycles. The zero-order valence-electron chi connectivity index (χ0n) is 14.7. The molecule has 1 amide bonds. The van der Waals surface area contributed by atoms with Gasteiger partial charge in [0, 0.05) is 16.8 Å². The molecule has 6 nitrogen and oxygen atoms in total. The molecule has 2 rings (SSSR count). The fourth-order valence-corrected chi connectivity index (χ4v) is 3.13. The molecule has 0 unspecified atom stereocenters. The Morgan fingerprint density at radius 3 is 2.33 bits per heavy atom. The Kier molecular flexibility index (Phi) is 4.77. The number of hydrogen-bond donors (Lipinski definition) is 1. The lowest BCUT2D eigenvalue weighted by Crippen LogP contribution is -2.42. The van der Waals surface area contributed by atoms with Gasteiger partial charge in [0.15, 0.2) is 0 Å². The molecule has 2 aromatic rings. The number of nitrogens with zero attached hydrogens (tertiary/aromatic N) is 3. The highest BCUT2D eigenvalue weighted by Gasteiger charge is 2.30. The highest BCUT2D eigenvalue weighted by molar-refractivity contribution is 5.80. The van der Waals surface area contributed by atoms with Gasteiger partial charge in [-0.25, -0.2) is 4.68 Å². The summed E-state index contributed by atoms with van der Waals surface area (Å²) in [5.41, 5.74) is 2.07. The van der Waals surface area contributed by atoms with Gasteiger partial charge < -0.3 is 9.84 Å². The Morgan fingerprint density at radius 1 is 1.25 bits per heavy atom. The summed E-state index contributed by atoms with van der Waals surface area (Å²) in [4.78, 5) is 12.4. The maximum atomic E-state index is 12.9. The van der Waals surface area contributed by atoms with Gasteiger partial charge in [0.05, 0.1) is 23.3 Å². The molecule has 2 aromatic heterocycles. The van der Waals surface area contributed by atoms with Gasteiger partial charge >= 0.3 is 6.55 Å². The van der Waals surface area contributed by atoms with Gasteiger partial charge in [-0.3, -0.25) is 4.79 Å². The molecule has 0 aliphatic rings. The van der Waals surface area contributed by atoms with Crippen LogP contribution in [0.2, 0.25) is 0 Å². The predicted molar refractivity (Wildman–Crippen MR) is 83.8 cm³/mol. The third-order valence-corrected chi connectivity index (χ3v) is 4.11. The number of alkyl halides is 2. The first kappa shape index (κ1) is 18.1. The Hall–Kier alpha value is -2.25. The molecular weight excluding hydrogens is 318 g/mol. The summed E-state index contributed by atoms with van der Waals surface area (Å²) < 4.78 is 31.6. The van der Waals surface area contributed by atoms with Crippen molar-refractivity contribution in [1.82, 2.24) is 20.3 Å². The van der Waals surface area contributed by atoms with E-state index in [0.29, 0.717) is 33.1 Å². The van der Waals surface area contributed by atoms with Gasteiger partial charge in [0.25, 0.3) is 0 Å². The minimum Gasteiger partial charge on any atom is -0.361 e. The van der Waals surface area contributed by atoms with Gasteiger partial charge in [0.2, 0.25) is 5.91 Å². The lowest BCUT2D eigenvalue weighted by molar-refractivity contribution is -0.122. The lowest BCUT2D eigenvalue weighted by Gasteiger charge is -2.26. The number of carbonyl (C=O) groups is 1. The number of rotatable bonds is 5. The summed E-state index contributed by atoms with van der Waals surface area (Å²) in [7, 11) is 0. The van der Waals surface area contributed by atoms with Crippen LogP contribution in [0.5, 0.6) is 0 Å². The van der Waals surface area contributed by atoms with Gasteiger partial charge in [-0.15, -0.1) is 0 Å². The minimum atomic E-state index is -2.72. The van der Waals surface area contributed by atoms with Crippen LogP contribution in [0.25, 0.3) is 0 Å². The summed E-state index contributed by atoms with van der Waals surface area (Å²) in [6.45, 7) is 7.71. The predicted octanol–water partition coefficient (Wildman–Crippen LogP) is 3.09. The van der Waals surface area contributed by atoms with Gasteiger partial charge in [-0.1, -0.05) is 5.16 Å². The van der Waals surface area contributed by atoms with Crippen molar-refractivity contribution in [3.05, 3.63) is 34.0 Å². The summed E-state index contributed by atoms with van der Waals surface area (Å²) in [5, 5.41) is 10.6. The average molecular weight is 340 g/mol. The van der Waals surface area contributed by atoms with Crippen LogP contribution in [0.3, 0.4) is 0 Å². The SMILES string of the molecule is Cc1nn(C(F)F)c(C)c1CC(=O)NC(C)(C)c1c(C)noc1C. The number of hydrogen-bond acceptors (Lipinski definition) is 4. The van der Waals surface area contributed by atoms with Crippen LogP contribution >= 0.6 is 0 Å². The number of halogens is 2. The van der Waals surface area contributed by atoms with E-state index in [9.17, 15) is 13.6 Å². The highest BCUT2D eigenvalue weighted by Crippen LogP contribution is 2.27. The largest absolute Gasteiger partial charge is 0.361 e. The molecule has 0 saturated carbocycles. The Bertz CT molecular complexity index is 743. The van der Waals surface area contributed by atoms with E-state index in [1.807, 2.05) is 13.8 Å². The van der Waals surface area contributed by atoms with E-state index in [0.717, 1.165) is 5.56 Å². The van der Waals surface area contributed by atoms with Crippen LogP contribution in [0, 0.1) is 27.7 Å². The first-order valence-corrected chi connectivity index (χ1v) is 7.61. The summed E-state index contributed by atoms with van der Waals surface area (Å²) in [6.07, 6.45) is -0.0167. The zero-order valence-corrected chi connectivity index (χ0v) is 14.7. The first-order valence-electron chi connectivity index (χ1n) is 7.61. The van der Waals surface area contributed by atoms with Crippen molar-refractivity contribution in [3.63, 3.8) is 0 Å². The number of aromatic nitrogens is 3. The summed E-state index contributed by atoms with van der Waals surface area (Å²) in [5.74, 6) is 0.357.